The Kier molecular flexibility index (Phi) is 6.78. The molecular weight excluding hydrogens is 387 g/mol. The van der Waals surface area contributed by atoms with Crippen molar-refractivity contribution >= 4 is 50.9 Å². The van der Waals surface area contributed by atoms with Crippen LogP contribution in [0.1, 0.15) is 12.8 Å². The van der Waals surface area contributed by atoms with Crippen LogP contribution in [0.3, 0.4) is 0 Å². The second kappa shape index (κ2) is 9.48. The van der Waals surface area contributed by atoms with Gasteiger partial charge in [0.25, 0.3) is 5.91 Å². The Hall–Kier alpha value is -2.45. The van der Waals surface area contributed by atoms with Gasteiger partial charge in [-0.3, -0.25) is 9.59 Å². The van der Waals surface area contributed by atoms with Crippen molar-refractivity contribution in [3.05, 3.63) is 54.3 Å². The molecule has 1 amide bonds. The topological polar surface area (TPSA) is 68.3 Å². The van der Waals surface area contributed by atoms with Crippen LogP contribution in [0.25, 0.3) is 10.2 Å². The molecule has 0 aliphatic carbocycles. The van der Waals surface area contributed by atoms with Gasteiger partial charge in [0.05, 0.1) is 15.9 Å². The van der Waals surface area contributed by atoms with Crippen molar-refractivity contribution in [3.8, 4) is 0 Å². The second-order valence-electron chi connectivity index (χ2n) is 5.59. The van der Waals surface area contributed by atoms with E-state index in [1.807, 2.05) is 24.3 Å². The zero-order valence-electron chi connectivity index (χ0n) is 14.3. The first-order chi connectivity index (χ1) is 13.1. The molecule has 0 saturated carbocycles. The summed E-state index contributed by atoms with van der Waals surface area (Å²) >= 11 is 3.22. The van der Waals surface area contributed by atoms with E-state index < -0.39 is 24.3 Å². The Morgan fingerprint density at radius 3 is 2.74 bits per heavy atom. The number of hydrogen-bond donors (Lipinski definition) is 1. The van der Waals surface area contributed by atoms with Crippen molar-refractivity contribution in [3.63, 3.8) is 0 Å². The molecule has 1 aromatic heterocycles. The summed E-state index contributed by atoms with van der Waals surface area (Å²) in [5.74, 6) is -0.832. The minimum absolute atomic E-state index is 0.0609. The predicted octanol–water partition coefficient (Wildman–Crippen LogP) is 4.49. The van der Waals surface area contributed by atoms with E-state index in [9.17, 15) is 14.0 Å². The monoisotopic (exact) mass is 404 g/mol. The molecule has 0 atom stereocenters. The van der Waals surface area contributed by atoms with Gasteiger partial charge < -0.3 is 10.1 Å². The SMILES string of the molecule is O=C(COC(=O)CCCSc1nc2ccccc2s1)Nc1ccccc1F. The fourth-order valence-electron chi connectivity index (χ4n) is 2.26. The third-order valence-corrected chi connectivity index (χ3v) is 5.80. The number of aromatic nitrogens is 1. The van der Waals surface area contributed by atoms with Crippen LogP contribution in [0, 0.1) is 5.82 Å². The van der Waals surface area contributed by atoms with Crippen LogP contribution in [0.2, 0.25) is 0 Å². The number of carbonyl (C=O) groups is 2. The number of fused-ring (bicyclic) bond motifs is 1. The summed E-state index contributed by atoms with van der Waals surface area (Å²) in [6.45, 7) is -0.432. The van der Waals surface area contributed by atoms with Crippen molar-refractivity contribution in [1.29, 1.82) is 0 Å². The van der Waals surface area contributed by atoms with E-state index in [-0.39, 0.29) is 12.1 Å². The molecule has 0 spiro atoms. The predicted molar refractivity (Wildman–Crippen MR) is 106 cm³/mol. The number of nitrogens with zero attached hydrogens (tertiary/aromatic N) is 1. The molecule has 0 aliphatic heterocycles. The van der Waals surface area contributed by atoms with Crippen molar-refractivity contribution < 1.29 is 18.7 Å². The lowest BCUT2D eigenvalue weighted by atomic mass is 10.3. The Morgan fingerprint density at radius 2 is 1.93 bits per heavy atom. The van der Waals surface area contributed by atoms with Crippen LogP contribution >= 0.6 is 23.1 Å². The normalized spacial score (nSPS) is 10.7. The Morgan fingerprint density at radius 1 is 1.15 bits per heavy atom. The molecule has 1 N–H and O–H groups in total. The fourth-order valence-corrected chi connectivity index (χ4v) is 4.33. The van der Waals surface area contributed by atoms with E-state index >= 15 is 0 Å². The number of benzene rings is 2. The average molecular weight is 404 g/mol. The van der Waals surface area contributed by atoms with Gasteiger partial charge in [0.2, 0.25) is 0 Å². The van der Waals surface area contributed by atoms with E-state index in [1.165, 1.54) is 18.2 Å². The summed E-state index contributed by atoms with van der Waals surface area (Å²) in [4.78, 5) is 27.9. The number of anilines is 1. The number of hydrogen-bond acceptors (Lipinski definition) is 6. The number of amides is 1. The maximum atomic E-state index is 13.4. The fraction of sp³-hybridized carbons (Fsp3) is 0.211. The third kappa shape index (κ3) is 5.77. The van der Waals surface area contributed by atoms with Gasteiger partial charge in [-0.15, -0.1) is 11.3 Å². The van der Waals surface area contributed by atoms with Crippen LogP contribution in [-0.4, -0.2) is 29.2 Å². The molecule has 8 heteroatoms. The highest BCUT2D eigenvalue weighted by atomic mass is 32.2. The van der Waals surface area contributed by atoms with E-state index in [0.29, 0.717) is 6.42 Å². The standard InChI is InChI=1S/C19H17FN2O3S2/c20-13-6-1-2-7-14(13)21-17(23)12-25-18(24)10-5-11-26-19-22-15-8-3-4-9-16(15)27-19/h1-4,6-9H,5,10-12H2,(H,21,23). The van der Waals surface area contributed by atoms with Gasteiger partial charge in [-0.1, -0.05) is 36.0 Å². The van der Waals surface area contributed by atoms with Gasteiger partial charge in [-0.2, -0.15) is 0 Å². The van der Waals surface area contributed by atoms with E-state index in [4.69, 9.17) is 4.74 Å². The molecule has 27 heavy (non-hydrogen) atoms. The molecule has 0 fully saturated rings. The van der Waals surface area contributed by atoms with Gasteiger partial charge in [0.15, 0.2) is 10.9 Å². The minimum atomic E-state index is -0.572. The highest BCUT2D eigenvalue weighted by Gasteiger charge is 2.10. The highest BCUT2D eigenvalue weighted by Crippen LogP contribution is 2.29. The maximum Gasteiger partial charge on any atom is 0.306 e. The summed E-state index contributed by atoms with van der Waals surface area (Å²) in [6, 6.07) is 13.7. The van der Waals surface area contributed by atoms with E-state index in [0.717, 1.165) is 20.3 Å². The van der Waals surface area contributed by atoms with Crippen LogP contribution in [0.4, 0.5) is 10.1 Å². The number of thioether (sulfide) groups is 1. The zero-order valence-corrected chi connectivity index (χ0v) is 15.9. The lowest BCUT2D eigenvalue weighted by molar-refractivity contribution is -0.147. The number of ether oxygens (including phenoxy) is 1. The van der Waals surface area contributed by atoms with Crippen molar-refractivity contribution in [2.24, 2.45) is 0 Å². The van der Waals surface area contributed by atoms with Gasteiger partial charge >= 0.3 is 5.97 Å². The largest absolute Gasteiger partial charge is 0.456 e. The van der Waals surface area contributed by atoms with E-state index in [2.05, 4.69) is 10.3 Å². The number of thiazole rings is 1. The lowest BCUT2D eigenvalue weighted by Gasteiger charge is -2.07. The van der Waals surface area contributed by atoms with Gasteiger partial charge in [-0.25, -0.2) is 9.37 Å². The average Bonchev–Trinajstić information content (AvgIpc) is 3.08. The van der Waals surface area contributed by atoms with Crippen molar-refractivity contribution in [2.45, 2.75) is 17.2 Å². The third-order valence-electron chi connectivity index (χ3n) is 3.54. The second-order valence-corrected chi connectivity index (χ2v) is 7.96. The van der Waals surface area contributed by atoms with Crippen LogP contribution in [-0.2, 0) is 14.3 Å². The van der Waals surface area contributed by atoms with Gasteiger partial charge in [-0.05, 0) is 30.7 Å². The first-order valence-electron chi connectivity index (χ1n) is 8.30. The van der Waals surface area contributed by atoms with Crippen molar-refractivity contribution in [2.75, 3.05) is 17.7 Å². The van der Waals surface area contributed by atoms with Crippen LogP contribution < -0.4 is 5.32 Å². The molecule has 5 nitrogen and oxygen atoms in total. The first-order valence-corrected chi connectivity index (χ1v) is 10.1. The summed E-state index contributed by atoms with van der Waals surface area (Å²) in [5, 5.41) is 2.36. The van der Waals surface area contributed by atoms with Crippen molar-refractivity contribution in [1.82, 2.24) is 4.98 Å². The van der Waals surface area contributed by atoms with Gasteiger partial charge in [0, 0.05) is 12.2 Å². The Labute approximate surface area is 163 Å². The quantitative estimate of drug-likeness (QED) is 0.340. The summed E-state index contributed by atoms with van der Waals surface area (Å²) in [6.07, 6.45) is 0.833. The number of esters is 1. The molecule has 0 unspecified atom stereocenters. The number of rotatable bonds is 8. The molecular formula is C19H17FN2O3S2. The number of halogens is 1. The van der Waals surface area contributed by atoms with Crippen LogP contribution in [0.15, 0.2) is 52.9 Å². The molecule has 0 saturated heterocycles. The summed E-state index contributed by atoms with van der Waals surface area (Å²) in [7, 11) is 0. The highest BCUT2D eigenvalue weighted by molar-refractivity contribution is 8.01. The zero-order chi connectivity index (χ0) is 19.1. The Bertz CT molecular complexity index is 912. The smallest absolute Gasteiger partial charge is 0.306 e. The van der Waals surface area contributed by atoms with Crippen LogP contribution in [0.5, 0.6) is 0 Å². The first kappa shape index (κ1) is 19.3. The number of nitrogens with one attached hydrogen (secondary N) is 1. The number of carbonyl (C=O) groups excluding carboxylic acids is 2. The molecule has 1 heterocycles. The molecule has 3 aromatic rings. The molecule has 140 valence electrons. The molecule has 0 radical (unpaired) electrons. The summed E-state index contributed by atoms with van der Waals surface area (Å²) in [5.41, 5.74) is 1.04. The Balaban J connectivity index is 1.33. The van der Waals surface area contributed by atoms with E-state index in [1.54, 1.807) is 29.2 Å². The molecule has 2 aromatic carbocycles. The molecule has 3 rings (SSSR count). The maximum absolute atomic E-state index is 13.4. The minimum Gasteiger partial charge on any atom is -0.456 e. The lowest BCUT2D eigenvalue weighted by Crippen LogP contribution is -2.21. The molecule has 0 bridgehead atoms. The molecule has 0 aliphatic rings. The summed E-state index contributed by atoms with van der Waals surface area (Å²) < 4.78 is 20.5. The van der Waals surface area contributed by atoms with Gasteiger partial charge in [0.1, 0.15) is 5.82 Å². The number of para-hydroxylation sites is 2.